The normalized spacial score (nSPS) is 12.1. The Bertz CT molecular complexity index is 473. The van der Waals surface area contributed by atoms with Gasteiger partial charge in [0.1, 0.15) is 3.70 Å². The molecule has 0 aromatic carbocycles. The molecule has 0 aliphatic heterocycles. The van der Waals surface area contributed by atoms with Crippen molar-refractivity contribution in [1.29, 1.82) is 0 Å². The molecule has 0 radical (unpaired) electrons. The third-order valence-electron chi connectivity index (χ3n) is 1.41. The summed E-state index contributed by atoms with van der Waals surface area (Å²) in [4.78, 5) is 3.48. The summed E-state index contributed by atoms with van der Waals surface area (Å²) in [6, 6.07) is 0.950. The quantitative estimate of drug-likeness (QED) is 0.409. The van der Waals surface area contributed by atoms with Crippen molar-refractivity contribution in [3.8, 4) is 0 Å². The van der Waals surface area contributed by atoms with Gasteiger partial charge in [-0.05, 0) is 28.7 Å². The van der Waals surface area contributed by atoms with Gasteiger partial charge in [0.25, 0.3) is 15.5 Å². The Morgan fingerprint density at radius 1 is 1.53 bits per heavy atom. The summed E-state index contributed by atoms with van der Waals surface area (Å²) in [5, 5.41) is -0.454. The van der Waals surface area contributed by atoms with Gasteiger partial charge in [-0.25, -0.2) is 22.2 Å². The fourth-order valence-corrected chi connectivity index (χ4v) is 3.54. The van der Waals surface area contributed by atoms with Crippen molar-refractivity contribution in [3.63, 3.8) is 0 Å². The first-order chi connectivity index (χ1) is 6.73. The van der Waals surface area contributed by atoms with Crippen LogP contribution in [0, 0.1) is 3.70 Å². The van der Waals surface area contributed by atoms with Crippen molar-refractivity contribution >= 4 is 58.3 Å². The summed E-state index contributed by atoms with van der Waals surface area (Å²) in [6.07, 6.45) is -2.73. The van der Waals surface area contributed by atoms with Crippen LogP contribution in [-0.2, 0) is 9.05 Å². The van der Waals surface area contributed by atoms with Gasteiger partial charge in [0, 0.05) is 15.2 Å². The fourth-order valence-electron chi connectivity index (χ4n) is 0.793. The Morgan fingerprint density at radius 2 is 2.07 bits per heavy atom. The van der Waals surface area contributed by atoms with Crippen LogP contribution in [0.4, 0.5) is 8.78 Å². The number of rotatable bonds is 2. The summed E-state index contributed by atoms with van der Waals surface area (Å²) >= 11 is 4.37. The molecule has 0 unspecified atom stereocenters. The summed E-state index contributed by atoms with van der Waals surface area (Å²) in [6.45, 7) is 0. The van der Waals surface area contributed by atoms with Gasteiger partial charge in [0.15, 0.2) is 5.03 Å². The molecule has 0 bridgehead atoms. The zero-order valence-corrected chi connectivity index (χ0v) is 12.0. The van der Waals surface area contributed by atoms with E-state index >= 15 is 0 Å². The summed E-state index contributed by atoms with van der Waals surface area (Å²) in [5.41, 5.74) is -0.348. The highest BCUT2D eigenvalue weighted by atomic mass is 127. The van der Waals surface area contributed by atoms with Crippen LogP contribution in [0.3, 0.4) is 0 Å². The lowest BCUT2D eigenvalue weighted by Crippen LogP contribution is -2.02. The summed E-state index contributed by atoms with van der Waals surface area (Å²) in [5.74, 6) is 0. The Hall–Kier alpha value is 0.460. The van der Waals surface area contributed by atoms with E-state index in [1.807, 2.05) is 0 Å². The number of pyridine rings is 1. The van der Waals surface area contributed by atoms with Crippen LogP contribution in [0.15, 0.2) is 15.6 Å². The lowest BCUT2D eigenvalue weighted by Gasteiger charge is -2.06. The SMILES string of the molecule is O=S(=O)(Cl)c1cc(Br)c(C(F)F)c(I)n1. The maximum atomic E-state index is 12.5. The van der Waals surface area contributed by atoms with Gasteiger partial charge in [0.05, 0.1) is 5.56 Å². The Morgan fingerprint density at radius 3 is 2.40 bits per heavy atom. The molecule has 0 spiro atoms. The van der Waals surface area contributed by atoms with Crippen molar-refractivity contribution in [1.82, 2.24) is 4.98 Å². The topological polar surface area (TPSA) is 47.0 Å². The number of hydrogen-bond donors (Lipinski definition) is 0. The first-order valence-corrected chi connectivity index (χ1v) is 7.50. The van der Waals surface area contributed by atoms with E-state index in [1.165, 1.54) is 22.6 Å². The minimum atomic E-state index is -4.01. The average Bonchev–Trinajstić information content (AvgIpc) is 1.99. The molecule has 0 atom stereocenters. The van der Waals surface area contributed by atoms with Gasteiger partial charge >= 0.3 is 0 Å². The second-order valence-electron chi connectivity index (χ2n) is 2.39. The number of nitrogens with zero attached hydrogens (tertiary/aromatic N) is 1. The van der Waals surface area contributed by atoms with Crippen LogP contribution < -0.4 is 0 Å². The molecular weight excluding hydrogens is 430 g/mol. The monoisotopic (exact) mass is 431 g/mol. The second kappa shape index (κ2) is 4.76. The molecule has 0 N–H and O–H groups in total. The van der Waals surface area contributed by atoms with Crippen molar-refractivity contribution < 1.29 is 17.2 Å². The first kappa shape index (κ1) is 13.5. The molecule has 15 heavy (non-hydrogen) atoms. The van der Waals surface area contributed by atoms with Crippen LogP contribution in [-0.4, -0.2) is 13.4 Å². The van der Waals surface area contributed by atoms with E-state index < -0.39 is 20.5 Å². The molecule has 84 valence electrons. The molecule has 9 heteroatoms. The zero-order chi connectivity index (χ0) is 11.8. The molecule has 0 aliphatic carbocycles. The lowest BCUT2D eigenvalue weighted by atomic mass is 10.3. The average molecular weight is 432 g/mol. The molecule has 0 fully saturated rings. The van der Waals surface area contributed by atoms with Gasteiger partial charge in [-0.1, -0.05) is 15.9 Å². The zero-order valence-electron chi connectivity index (χ0n) is 6.72. The number of halogens is 5. The van der Waals surface area contributed by atoms with E-state index in [0.717, 1.165) is 6.07 Å². The first-order valence-electron chi connectivity index (χ1n) is 3.32. The number of hydrogen-bond acceptors (Lipinski definition) is 3. The van der Waals surface area contributed by atoms with Gasteiger partial charge in [0.2, 0.25) is 0 Å². The lowest BCUT2D eigenvalue weighted by molar-refractivity contribution is 0.149. The molecule has 0 amide bonds. The van der Waals surface area contributed by atoms with Gasteiger partial charge in [-0.15, -0.1) is 0 Å². The molecular formula is C6H2BrClF2INO2S. The predicted octanol–water partition coefficient (Wildman–Crippen LogP) is 3.31. The van der Waals surface area contributed by atoms with Gasteiger partial charge < -0.3 is 0 Å². The molecule has 1 heterocycles. The maximum Gasteiger partial charge on any atom is 0.278 e. The van der Waals surface area contributed by atoms with E-state index in [0.29, 0.717) is 0 Å². The minimum absolute atomic E-state index is 0.0314. The van der Waals surface area contributed by atoms with Crippen LogP contribution in [0.5, 0.6) is 0 Å². The predicted molar refractivity (Wildman–Crippen MR) is 62.6 cm³/mol. The largest absolute Gasteiger partial charge is 0.278 e. The van der Waals surface area contributed by atoms with Gasteiger partial charge in [-0.2, -0.15) is 0 Å². The molecule has 3 nitrogen and oxygen atoms in total. The second-order valence-corrected chi connectivity index (χ2v) is 6.77. The van der Waals surface area contributed by atoms with E-state index in [1.54, 1.807) is 0 Å². The minimum Gasteiger partial charge on any atom is -0.228 e. The molecule has 0 aliphatic rings. The molecule has 0 saturated carbocycles. The molecule has 1 aromatic heterocycles. The Balaban J connectivity index is 3.45. The summed E-state index contributed by atoms with van der Waals surface area (Å²) in [7, 11) is 1.02. The molecule has 1 aromatic rings. The van der Waals surface area contributed by atoms with Crippen molar-refractivity contribution in [2.24, 2.45) is 0 Å². The van der Waals surface area contributed by atoms with Crippen molar-refractivity contribution in [2.75, 3.05) is 0 Å². The van der Waals surface area contributed by atoms with Crippen molar-refractivity contribution in [2.45, 2.75) is 11.5 Å². The van der Waals surface area contributed by atoms with Crippen LogP contribution in [0.1, 0.15) is 12.0 Å². The van der Waals surface area contributed by atoms with E-state index in [2.05, 4.69) is 20.9 Å². The highest BCUT2D eigenvalue weighted by Crippen LogP contribution is 2.32. The van der Waals surface area contributed by atoms with E-state index in [4.69, 9.17) is 10.7 Å². The highest BCUT2D eigenvalue weighted by molar-refractivity contribution is 14.1. The standard InChI is InChI=1S/C6H2BrClF2INO2S/c7-2-1-3(15(8,13)14)12-6(11)4(2)5(9)10/h1,5H. The van der Waals surface area contributed by atoms with Crippen LogP contribution in [0.2, 0.25) is 0 Å². The van der Waals surface area contributed by atoms with Crippen LogP contribution in [0.25, 0.3) is 0 Å². The third kappa shape index (κ3) is 3.21. The Labute approximate surface area is 111 Å². The number of aromatic nitrogens is 1. The highest BCUT2D eigenvalue weighted by Gasteiger charge is 2.21. The maximum absolute atomic E-state index is 12.5. The van der Waals surface area contributed by atoms with Gasteiger partial charge in [-0.3, -0.25) is 0 Å². The van der Waals surface area contributed by atoms with Crippen molar-refractivity contribution in [3.05, 3.63) is 19.8 Å². The third-order valence-corrected chi connectivity index (χ3v) is 4.07. The number of alkyl halides is 2. The van der Waals surface area contributed by atoms with E-state index in [-0.39, 0.29) is 13.7 Å². The molecule has 1 rings (SSSR count). The van der Waals surface area contributed by atoms with E-state index in [9.17, 15) is 17.2 Å². The Kier molecular flexibility index (Phi) is 4.29. The summed E-state index contributed by atoms with van der Waals surface area (Å²) < 4.78 is 46.6. The van der Waals surface area contributed by atoms with Crippen LogP contribution >= 0.6 is 49.2 Å². The molecule has 0 saturated heterocycles. The smallest absolute Gasteiger partial charge is 0.228 e. The fraction of sp³-hybridized carbons (Fsp3) is 0.167.